The van der Waals surface area contributed by atoms with E-state index in [2.05, 4.69) is 5.32 Å². The van der Waals surface area contributed by atoms with Gasteiger partial charge in [-0.15, -0.1) is 0 Å². The third kappa shape index (κ3) is 4.77. The van der Waals surface area contributed by atoms with Crippen molar-refractivity contribution < 1.29 is 53.9 Å². The van der Waals surface area contributed by atoms with E-state index in [1.807, 2.05) is 13.0 Å². The topological polar surface area (TPSA) is 122 Å². The van der Waals surface area contributed by atoms with Crippen LogP contribution in [0.3, 0.4) is 0 Å². The summed E-state index contributed by atoms with van der Waals surface area (Å²) in [6.45, 7) is 1.03. The molecule has 9 nitrogen and oxygen atoms in total. The fraction of sp³-hybridized carbons (Fsp3) is 0.200. The quantitative estimate of drug-likeness (QED) is 0.331. The molecule has 1 saturated heterocycles. The molecule has 3 rings (SSSR count). The van der Waals surface area contributed by atoms with Crippen molar-refractivity contribution in [3.8, 4) is 17.2 Å². The van der Waals surface area contributed by atoms with Gasteiger partial charge in [0.1, 0.15) is 22.9 Å². The molecule has 165 valence electrons. The summed E-state index contributed by atoms with van der Waals surface area (Å²) in [4.78, 5) is 25.1. The molecule has 1 heterocycles. The second-order valence-electron chi connectivity index (χ2n) is 6.72. The Morgan fingerprint density at radius 3 is 2.58 bits per heavy atom. The maximum absolute atomic E-state index is 13.3. The zero-order valence-corrected chi connectivity index (χ0v) is 19.6. The van der Waals surface area contributed by atoms with Crippen molar-refractivity contribution in [1.29, 1.82) is 0 Å². The van der Waals surface area contributed by atoms with Crippen LogP contribution in [-0.4, -0.2) is 49.8 Å². The lowest BCUT2D eigenvalue weighted by molar-refractivity contribution is -0.635. The van der Waals surface area contributed by atoms with Gasteiger partial charge in [0.15, 0.2) is 0 Å². The first-order valence-electron chi connectivity index (χ1n) is 8.98. The van der Waals surface area contributed by atoms with E-state index >= 15 is 0 Å². The van der Waals surface area contributed by atoms with Crippen molar-refractivity contribution in [2.24, 2.45) is 0 Å². The fourth-order valence-corrected chi connectivity index (χ4v) is 4.92. The zero-order chi connectivity index (χ0) is 22.8. The minimum Gasteiger partial charge on any atom is -0.650 e. The van der Waals surface area contributed by atoms with Crippen LogP contribution in [0.25, 0.3) is 6.08 Å². The molecule has 2 N–H and O–H groups in total. The maximum atomic E-state index is 13.3. The standard InChI is InChI=1S/C20H19IN2O7S/c1-12-3-5-16(30-21)13(7-12)8-14-10-22-19(25)11-23(20(14)26)31(27,28)18-6-4-15(24)9-17(18)29-2/h3-9,24H,10-11H2,1-2H3,(H,22,25)/q-1/b14-8+. The predicted molar refractivity (Wildman–Crippen MR) is 106 cm³/mol. The van der Waals surface area contributed by atoms with Crippen LogP contribution in [0.4, 0.5) is 0 Å². The summed E-state index contributed by atoms with van der Waals surface area (Å²) < 4.78 is 37.4. The lowest BCUT2D eigenvalue weighted by Gasteiger charge is -2.21. The Hall–Kier alpha value is -2.80. The summed E-state index contributed by atoms with van der Waals surface area (Å²) in [5.41, 5.74) is 1.54. The Labute approximate surface area is 193 Å². The van der Waals surface area contributed by atoms with Crippen LogP contribution in [0.1, 0.15) is 11.1 Å². The third-order valence-electron chi connectivity index (χ3n) is 4.56. The number of aromatic hydroxyl groups is 1. The lowest BCUT2D eigenvalue weighted by atomic mass is 10.1. The summed E-state index contributed by atoms with van der Waals surface area (Å²) in [6, 6.07) is 8.73. The molecule has 1 aliphatic heterocycles. The molecule has 0 aromatic heterocycles. The average molecular weight is 558 g/mol. The number of nitrogens with one attached hydrogen (secondary N) is 1. The van der Waals surface area contributed by atoms with Gasteiger partial charge in [-0.2, -0.15) is 0 Å². The van der Waals surface area contributed by atoms with Crippen LogP contribution in [0.2, 0.25) is 0 Å². The molecule has 2 aromatic rings. The number of sulfonamides is 1. The van der Waals surface area contributed by atoms with E-state index < -0.39 is 28.4 Å². The third-order valence-corrected chi connectivity index (χ3v) is 6.80. The fourth-order valence-electron chi connectivity index (χ4n) is 3.02. The first kappa shape index (κ1) is 22.9. The number of hydrogen-bond donors (Lipinski definition) is 2. The number of rotatable bonds is 5. The Bertz CT molecular complexity index is 1180. The van der Waals surface area contributed by atoms with E-state index in [1.165, 1.54) is 13.2 Å². The number of carbonyl (C=O) groups excluding carboxylic acids is 2. The molecule has 0 unspecified atom stereocenters. The van der Waals surface area contributed by atoms with Crippen molar-refractivity contribution in [2.45, 2.75) is 11.8 Å². The molecule has 0 spiro atoms. The summed E-state index contributed by atoms with van der Waals surface area (Å²) >= 11 is 1.71. The highest BCUT2D eigenvalue weighted by Gasteiger charge is 2.37. The van der Waals surface area contributed by atoms with E-state index in [9.17, 15) is 23.1 Å². The molecule has 1 radical (unpaired) electrons. The molecule has 2 amide bonds. The van der Waals surface area contributed by atoms with Crippen molar-refractivity contribution in [2.75, 3.05) is 20.2 Å². The molecule has 31 heavy (non-hydrogen) atoms. The number of hydrogen-bond acceptors (Lipinski definition) is 7. The highest BCUT2D eigenvalue weighted by molar-refractivity contribution is 7.89. The minimum atomic E-state index is -4.46. The second-order valence-corrected chi connectivity index (χ2v) is 8.99. The molecular formula is C20H19IN2O7S-. The maximum Gasteiger partial charge on any atom is 0.270 e. The van der Waals surface area contributed by atoms with E-state index in [4.69, 9.17) is 7.80 Å². The molecule has 2 aromatic carbocycles. The van der Waals surface area contributed by atoms with Crippen LogP contribution in [-0.2, 0) is 19.6 Å². The lowest BCUT2D eigenvalue weighted by Crippen LogP contribution is -3.37. The monoisotopic (exact) mass is 558 g/mol. The zero-order valence-electron chi connectivity index (χ0n) is 16.6. The number of phenols is 1. The first-order chi connectivity index (χ1) is 14.7. The Balaban J connectivity index is 2.10. The van der Waals surface area contributed by atoms with Crippen LogP contribution >= 0.6 is 0 Å². The van der Waals surface area contributed by atoms with Crippen molar-refractivity contribution in [3.63, 3.8) is 0 Å². The van der Waals surface area contributed by atoms with Gasteiger partial charge in [-0.05, 0) is 37.3 Å². The number of methoxy groups -OCH3 is 1. The van der Waals surface area contributed by atoms with Gasteiger partial charge in [0, 0.05) is 23.7 Å². The molecule has 0 bridgehead atoms. The minimum absolute atomic E-state index is 0.0625. The Morgan fingerprint density at radius 1 is 1.16 bits per heavy atom. The summed E-state index contributed by atoms with van der Waals surface area (Å²) in [5.74, 6) is -1.36. The van der Waals surface area contributed by atoms with Gasteiger partial charge in [-0.25, -0.2) is 12.7 Å². The van der Waals surface area contributed by atoms with Crippen LogP contribution in [0, 0.1) is 6.92 Å². The number of amides is 2. The molecule has 11 heteroatoms. The van der Waals surface area contributed by atoms with Crippen LogP contribution < -0.4 is 36.1 Å². The van der Waals surface area contributed by atoms with Gasteiger partial charge in [0.05, 0.1) is 12.9 Å². The number of phenolic OH excluding ortho intramolecular Hbond substituents is 1. The van der Waals surface area contributed by atoms with Crippen molar-refractivity contribution >= 4 is 27.9 Å². The van der Waals surface area contributed by atoms with E-state index in [-0.39, 0.29) is 28.5 Å². The van der Waals surface area contributed by atoms with Gasteiger partial charge in [0.2, 0.25) is 5.91 Å². The van der Waals surface area contributed by atoms with E-state index in [0.29, 0.717) is 15.6 Å². The summed E-state index contributed by atoms with van der Waals surface area (Å²) in [7, 11) is -3.23. The van der Waals surface area contributed by atoms with E-state index in [1.54, 1.807) is 35.1 Å². The van der Waals surface area contributed by atoms with Gasteiger partial charge in [-0.3, -0.25) is 9.59 Å². The number of halogens is 1. The molecule has 0 aliphatic carbocycles. The normalized spacial score (nSPS) is 16.1. The van der Waals surface area contributed by atoms with Crippen molar-refractivity contribution in [3.05, 3.63) is 53.1 Å². The van der Waals surface area contributed by atoms with Gasteiger partial charge >= 0.3 is 0 Å². The van der Waals surface area contributed by atoms with Gasteiger partial charge in [-0.1, -0.05) is 11.6 Å². The smallest absolute Gasteiger partial charge is 0.270 e. The Kier molecular flexibility index (Phi) is 6.74. The number of carbonyl (C=O) groups is 2. The molecule has 1 fully saturated rings. The number of ether oxygens (including phenoxy) is 1. The number of aryl methyl sites for hydroxylation is 1. The molecule has 0 atom stereocenters. The number of nitrogens with zero attached hydrogens (tertiary/aromatic N) is 1. The summed E-state index contributed by atoms with van der Waals surface area (Å²) in [5, 5.41) is 12.2. The van der Waals surface area contributed by atoms with E-state index in [0.717, 1.165) is 23.8 Å². The highest BCUT2D eigenvalue weighted by atomic mass is 127. The first-order valence-corrected chi connectivity index (χ1v) is 11.3. The molecular weight excluding hydrogens is 539 g/mol. The number of benzene rings is 2. The predicted octanol–water partition coefficient (Wildman–Crippen LogP) is -1.71. The summed E-state index contributed by atoms with van der Waals surface area (Å²) in [6.07, 6.45) is 1.49. The molecule has 0 saturated carbocycles. The molecule has 1 aliphatic rings. The van der Waals surface area contributed by atoms with Gasteiger partial charge < -0.3 is 41.2 Å². The largest absolute Gasteiger partial charge is 0.650 e. The van der Waals surface area contributed by atoms with Crippen molar-refractivity contribution in [1.82, 2.24) is 9.62 Å². The Morgan fingerprint density at radius 2 is 1.90 bits per heavy atom. The SMILES string of the molecule is COc1cc(O)ccc1S(=O)(=O)N1CC(=O)NC/C(=C\c2cc(C)ccc2O[I-])C1=O. The van der Waals surface area contributed by atoms with Gasteiger partial charge in [0.25, 0.3) is 15.9 Å². The second kappa shape index (κ2) is 9.14. The van der Waals surface area contributed by atoms with Crippen LogP contribution in [0.15, 0.2) is 46.9 Å². The van der Waals surface area contributed by atoms with Crippen LogP contribution in [0.5, 0.6) is 17.2 Å². The average Bonchev–Trinajstić information content (AvgIpc) is 2.87. The highest BCUT2D eigenvalue weighted by Crippen LogP contribution is 2.31.